The van der Waals surface area contributed by atoms with Crippen molar-refractivity contribution in [3.63, 3.8) is 0 Å². The van der Waals surface area contributed by atoms with Gasteiger partial charge in [-0.05, 0) is 38.0 Å². The van der Waals surface area contributed by atoms with Crippen LogP contribution in [-0.4, -0.2) is 49.6 Å². The van der Waals surface area contributed by atoms with Gasteiger partial charge in [0.25, 0.3) is 0 Å². The summed E-state index contributed by atoms with van der Waals surface area (Å²) in [5, 5.41) is 13.7. The summed E-state index contributed by atoms with van der Waals surface area (Å²) in [4.78, 5) is 30.8. The van der Waals surface area contributed by atoms with E-state index in [2.05, 4.69) is 10.1 Å². The van der Waals surface area contributed by atoms with E-state index in [1.54, 1.807) is 41.0 Å². The molecule has 0 amide bonds. The van der Waals surface area contributed by atoms with Gasteiger partial charge in [-0.2, -0.15) is 5.10 Å². The standard InChI is InChI=1S/C25H24FN5O4/c1-15-5-3-7-27-24(15)35-14-16-6-4-8-30(16)22-10-21-18(9-20(22)26)23(32)19(25(33)34)13-31(21)17-11-28-29(2)12-17/h3,5,7,9-13,16H,4,6,8,14H2,1-2H3,(H,33,34)/t16-/m1/s1. The van der Waals surface area contributed by atoms with Gasteiger partial charge in [-0.25, -0.2) is 14.2 Å². The molecule has 0 bridgehead atoms. The molecular weight excluding hydrogens is 453 g/mol. The highest BCUT2D eigenvalue weighted by Gasteiger charge is 2.29. The summed E-state index contributed by atoms with van der Waals surface area (Å²) in [6, 6.07) is 6.41. The number of hydrogen-bond donors (Lipinski definition) is 1. The number of benzene rings is 1. The van der Waals surface area contributed by atoms with Crippen molar-refractivity contribution in [2.75, 3.05) is 18.1 Å². The largest absolute Gasteiger partial charge is 0.477 e. The second-order valence-electron chi connectivity index (χ2n) is 8.67. The predicted molar refractivity (Wildman–Crippen MR) is 128 cm³/mol. The fraction of sp³-hybridized carbons (Fsp3) is 0.280. The number of aromatic carboxylic acids is 1. The first kappa shape index (κ1) is 22.6. The number of nitrogens with zero attached hydrogens (tertiary/aromatic N) is 5. The van der Waals surface area contributed by atoms with Crippen LogP contribution in [0.1, 0.15) is 28.8 Å². The van der Waals surface area contributed by atoms with E-state index in [0.717, 1.165) is 24.5 Å². The number of pyridine rings is 2. The van der Waals surface area contributed by atoms with E-state index in [9.17, 15) is 14.7 Å². The van der Waals surface area contributed by atoms with Crippen molar-refractivity contribution >= 4 is 22.6 Å². The summed E-state index contributed by atoms with van der Waals surface area (Å²) < 4.78 is 24.5. The molecular formula is C25H24FN5O4. The molecule has 0 radical (unpaired) electrons. The Bertz CT molecular complexity index is 1500. The maximum absolute atomic E-state index is 15.4. The van der Waals surface area contributed by atoms with E-state index in [-0.39, 0.29) is 11.4 Å². The highest BCUT2D eigenvalue weighted by molar-refractivity contribution is 5.94. The molecule has 1 aliphatic heterocycles. The van der Waals surface area contributed by atoms with Crippen LogP contribution < -0.4 is 15.1 Å². The van der Waals surface area contributed by atoms with Crippen LogP contribution in [0.15, 0.2) is 53.8 Å². The number of hydrogen-bond acceptors (Lipinski definition) is 6. The quantitative estimate of drug-likeness (QED) is 0.455. The lowest BCUT2D eigenvalue weighted by Crippen LogP contribution is -2.35. The highest BCUT2D eigenvalue weighted by atomic mass is 19.1. The van der Waals surface area contributed by atoms with Gasteiger partial charge in [0, 0.05) is 43.1 Å². The van der Waals surface area contributed by atoms with Crippen LogP contribution >= 0.6 is 0 Å². The minimum atomic E-state index is -1.37. The van der Waals surface area contributed by atoms with Gasteiger partial charge in [-0.3, -0.25) is 9.48 Å². The number of carbonyl (C=O) groups is 1. The van der Waals surface area contributed by atoms with Crippen molar-refractivity contribution in [1.29, 1.82) is 0 Å². The number of carboxylic acids is 1. The second-order valence-corrected chi connectivity index (χ2v) is 8.67. The van der Waals surface area contributed by atoms with Crippen LogP contribution in [0, 0.1) is 12.7 Å². The van der Waals surface area contributed by atoms with Gasteiger partial charge >= 0.3 is 5.97 Å². The van der Waals surface area contributed by atoms with Crippen LogP contribution in [-0.2, 0) is 7.05 Å². The topological polar surface area (TPSA) is 102 Å². The Morgan fingerprint density at radius 3 is 2.86 bits per heavy atom. The summed E-state index contributed by atoms with van der Waals surface area (Å²) in [5.74, 6) is -1.42. The van der Waals surface area contributed by atoms with E-state index >= 15 is 4.39 Å². The van der Waals surface area contributed by atoms with Gasteiger partial charge in [0.2, 0.25) is 11.3 Å². The zero-order valence-electron chi connectivity index (χ0n) is 19.3. The highest BCUT2D eigenvalue weighted by Crippen LogP contribution is 2.32. The lowest BCUT2D eigenvalue weighted by atomic mass is 10.1. The van der Waals surface area contributed by atoms with Crippen molar-refractivity contribution < 1.29 is 19.0 Å². The molecule has 35 heavy (non-hydrogen) atoms. The van der Waals surface area contributed by atoms with Crippen LogP contribution in [0.25, 0.3) is 16.6 Å². The third-order valence-electron chi connectivity index (χ3n) is 6.33. The van der Waals surface area contributed by atoms with E-state index in [0.29, 0.717) is 35.9 Å². The summed E-state index contributed by atoms with van der Waals surface area (Å²) in [6.07, 6.45) is 7.86. The molecule has 1 fully saturated rings. The fourth-order valence-corrected chi connectivity index (χ4v) is 4.58. The molecule has 1 N–H and O–H groups in total. The molecule has 1 aliphatic rings. The van der Waals surface area contributed by atoms with Gasteiger partial charge in [0.15, 0.2) is 0 Å². The number of ether oxygens (including phenoxy) is 1. The first-order chi connectivity index (χ1) is 16.8. The zero-order valence-corrected chi connectivity index (χ0v) is 19.3. The molecule has 3 aromatic heterocycles. The van der Waals surface area contributed by atoms with Crippen molar-refractivity contribution in [2.24, 2.45) is 7.05 Å². The normalized spacial score (nSPS) is 15.6. The average molecular weight is 477 g/mol. The lowest BCUT2D eigenvalue weighted by Gasteiger charge is -2.28. The molecule has 1 aromatic carbocycles. The van der Waals surface area contributed by atoms with Gasteiger partial charge in [-0.1, -0.05) is 6.07 Å². The van der Waals surface area contributed by atoms with Crippen molar-refractivity contribution in [3.8, 4) is 11.6 Å². The van der Waals surface area contributed by atoms with Crippen molar-refractivity contribution in [1.82, 2.24) is 19.3 Å². The molecule has 180 valence electrons. The second kappa shape index (κ2) is 8.86. The van der Waals surface area contributed by atoms with Gasteiger partial charge in [0.05, 0.1) is 29.1 Å². The molecule has 10 heteroatoms. The van der Waals surface area contributed by atoms with E-state index in [1.165, 1.54) is 6.20 Å². The number of aromatic nitrogens is 4. The fourth-order valence-electron chi connectivity index (χ4n) is 4.58. The van der Waals surface area contributed by atoms with Crippen molar-refractivity contribution in [2.45, 2.75) is 25.8 Å². The van der Waals surface area contributed by atoms with E-state index in [1.807, 2.05) is 24.0 Å². The van der Waals surface area contributed by atoms with Gasteiger partial charge in [-0.15, -0.1) is 0 Å². The third kappa shape index (κ3) is 4.11. The van der Waals surface area contributed by atoms with Crippen LogP contribution in [0.3, 0.4) is 0 Å². The third-order valence-corrected chi connectivity index (χ3v) is 6.33. The Morgan fingerprint density at radius 2 is 2.14 bits per heavy atom. The first-order valence-corrected chi connectivity index (χ1v) is 11.3. The molecule has 9 nitrogen and oxygen atoms in total. The van der Waals surface area contributed by atoms with Gasteiger partial charge in [0.1, 0.15) is 18.0 Å². The summed E-state index contributed by atoms with van der Waals surface area (Å²) in [7, 11) is 1.73. The summed E-state index contributed by atoms with van der Waals surface area (Å²) in [5.41, 5.74) is 1.04. The number of aryl methyl sites for hydroxylation is 2. The first-order valence-electron chi connectivity index (χ1n) is 11.3. The monoisotopic (exact) mass is 477 g/mol. The molecule has 0 spiro atoms. The maximum Gasteiger partial charge on any atom is 0.341 e. The number of rotatable bonds is 6. The Labute approximate surface area is 200 Å². The predicted octanol–water partition coefficient (Wildman–Crippen LogP) is 3.31. The Kier molecular flexibility index (Phi) is 5.72. The van der Waals surface area contributed by atoms with E-state index in [4.69, 9.17) is 4.74 Å². The summed E-state index contributed by atoms with van der Waals surface area (Å²) in [6.45, 7) is 2.88. The SMILES string of the molecule is Cc1cccnc1OC[C@H]1CCCN1c1cc2c(cc1F)c(=O)c(C(=O)O)cn2-c1cnn(C)c1. The molecule has 4 heterocycles. The molecule has 4 aromatic rings. The maximum atomic E-state index is 15.4. The minimum Gasteiger partial charge on any atom is -0.477 e. The van der Waals surface area contributed by atoms with Gasteiger partial charge < -0.3 is 19.3 Å². The van der Waals surface area contributed by atoms with Crippen LogP contribution in [0.4, 0.5) is 10.1 Å². The Hall–Kier alpha value is -4.21. The number of anilines is 1. The smallest absolute Gasteiger partial charge is 0.341 e. The van der Waals surface area contributed by atoms with Crippen LogP contribution in [0.2, 0.25) is 0 Å². The molecule has 1 saturated heterocycles. The summed E-state index contributed by atoms with van der Waals surface area (Å²) >= 11 is 0. The molecule has 0 aliphatic carbocycles. The Morgan fingerprint density at radius 1 is 1.31 bits per heavy atom. The minimum absolute atomic E-state index is 0.00823. The number of fused-ring (bicyclic) bond motifs is 1. The van der Waals surface area contributed by atoms with E-state index < -0.39 is 22.8 Å². The molecule has 0 saturated carbocycles. The average Bonchev–Trinajstić information content (AvgIpc) is 3.47. The zero-order chi connectivity index (χ0) is 24.7. The molecule has 5 rings (SSSR count). The van der Waals surface area contributed by atoms with Crippen molar-refractivity contribution in [3.05, 3.63) is 76.2 Å². The Balaban J connectivity index is 1.58. The molecule has 1 atom stereocenters. The van der Waals surface area contributed by atoms with Crippen LogP contribution in [0.5, 0.6) is 5.88 Å². The number of halogens is 1. The number of carboxylic acid groups (broad SMARTS) is 1. The lowest BCUT2D eigenvalue weighted by molar-refractivity contribution is 0.0695. The molecule has 0 unspecified atom stereocenters.